The quantitative estimate of drug-likeness (QED) is 0.460. The minimum Gasteiger partial charge on any atom is -0.496 e. The van der Waals surface area contributed by atoms with Crippen LogP contribution in [0.25, 0.3) is 0 Å². The molecule has 0 unspecified atom stereocenters. The summed E-state index contributed by atoms with van der Waals surface area (Å²) >= 11 is 0. The molecule has 0 saturated carbocycles. The molecule has 0 spiro atoms. The largest absolute Gasteiger partial charge is 0.496 e. The van der Waals surface area contributed by atoms with Gasteiger partial charge < -0.3 is 19.7 Å². The van der Waals surface area contributed by atoms with E-state index in [1.54, 1.807) is 49.6 Å². The topological polar surface area (TPSA) is 97.0 Å². The number of hydrogen-bond acceptors (Lipinski definition) is 6. The maximum atomic E-state index is 13.5. The Morgan fingerprint density at radius 2 is 1.57 bits per heavy atom. The van der Waals surface area contributed by atoms with Crippen LogP contribution >= 0.6 is 0 Å². The first-order chi connectivity index (χ1) is 16.9. The van der Waals surface area contributed by atoms with Gasteiger partial charge in [0.05, 0.1) is 32.0 Å². The first-order valence-corrected chi connectivity index (χ1v) is 12.9. The van der Waals surface area contributed by atoms with Crippen molar-refractivity contribution in [2.75, 3.05) is 42.2 Å². The average molecular weight is 496 g/mol. The van der Waals surface area contributed by atoms with Crippen molar-refractivity contribution in [2.45, 2.75) is 24.2 Å². The third-order valence-electron chi connectivity index (χ3n) is 5.87. The molecule has 1 heterocycles. The lowest BCUT2D eigenvalue weighted by atomic mass is 10.1. The van der Waals surface area contributed by atoms with Crippen molar-refractivity contribution >= 4 is 33.0 Å². The van der Waals surface area contributed by atoms with Gasteiger partial charge >= 0.3 is 0 Å². The summed E-state index contributed by atoms with van der Waals surface area (Å²) in [6, 6.07) is 19.1. The SMILES string of the molecule is COc1ccccc1CC(=O)Nc1ccc(N2CCCC2)c(S(=O)(=O)Nc2ccccc2OC)c1. The van der Waals surface area contributed by atoms with Crippen LogP contribution in [0.3, 0.4) is 0 Å². The zero-order chi connectivity index (χ0) is 24.8. The number of carbonyl (C=O) groups is 1. The first-order valence-electron chi connectivity index (χ1n) is 11.4. The van der Waals surface area contributed by atoms with Crippen LogP contribution in [0, 0.1) is 0 Å². The lowest BCUT2D eigenvalue weighted by molar-refractivity contribution is -0.115. The molecule has 1 fully saturated rings. The molecule has 2 N–H and O–H groups in total. The third kappa shape index (κ3) is 5.68. The lowest BCUT2D eigenvalue weighted by Gasteiger charge is -2.23. The summed E-state index contributed by atoms with van der Waals surface area (Å²) < 4.78 is 40.3. The molecule has 4 rings (SSSR count). The highest BCUT2D eigenvalue weighted by Crippen LogP contribution is 2.34. The van der Waals surface area contributed by atoms with Gasteiger partial charge in [-0.15, -0.1) is 0 Å². The van der Waals surface area contributed by atoms with E-state index < -0.39 is 10.0 Å². The molecule has 3 aromatic carbocycles. The normalized spacial score (nSPS) is 13.4. The highest BCUT2D eigenvalue weighted by atomic mass is 32.2. The van der Waals surface area contributed by atoms with Crippen LogP contribution in [-0.2, 0) is 21.2 Å². The number of carbonyl (C=O) groups excluding carboxylic acids is 1. The molecule has 0 radical (unpaired) electrons. The summed E-state index contributed by atoms with van der Waals surface area (Å²) in [5.41, 5.74) is 2.08. The molecule has 0 bridgehead atoms. The fourth-order valence-corrected chi connectivity index (χ4v) is 5.50. The van der Waals surface area contributed by atoms with Gasteiger partial charge in [0.2, 0.25) is 5.91 Å². The van der Waals surface area contributed by atoms with Gasteiger partial charge in [-0.2, -0.15) is 0 Å². The number of anilines is 3. The van der Waals surface area contributed by atoms with Gasteiger partial charge in [-0.05, 0) is 49.2 Å². The number of benzene rings is 3. The number of nitrogens with one attached hydrogen (secondary N) is 2. The number of amides is 1. The predicted octanol–water partition coefficient (Wildman–Crippen LogP) is 4.29. The smallest absolute Gasteiger partial charge is 0.264 e. The van der Waals surface area contributed by atoms with Crippen molar-refractivity contribution in [1.29, 1.82) is 0 Å². The van der Waals surface area contributed by atoms with Crippen LogP contribution in [-0.4, -0.2) is 41.6 Å². The summed E-state index contributed by atoms with van der Waals surface area (Å²) in [5.74, 6) is 0.765. The second-order valence-electron chi connectivity index (χ2n) is 8.22. The van der Waals surface area contributed by atoms with Gasteiger partial charge in [-0.3, -0.25) is 9.52 Å². The summed E-state index contributed by atoms with van der Waals surface area (Å²) in [6.07, 6.45) is 2.09. The zero-order valence-corrected chi connectivity index (χ0v) is 20.6. The maximum Gasteiger partial charge on any atom is 0.264 e. The van der Waals surface area contributed by atoms with Crippen molar-refractivity contribution < 1.29 is 22.7 Å². The van der Waals surface area contributed by atoms with Gasteiger partial charge in [-0.1, -0.05) is 30.3 Å². The molecule has 0 atom stereocenters. The predicted molar refractivity (Wildman–Crippen MR) is 137 cm³/mol. The summed E-state index contributed by atoms with van der Waals surface area (Å²) in [6.45, 7) is 1.55. The molecular weight excluding hydrogens is 466 g/mol. The molecular formula is C26H29N3O5S. The monoisotopic (exact) mass is 495 g/mol. The molecule has 1 amide bonds. The maximum absolute atomic E-state index is 13.5. The van der Waals surface area contributed by atoms with E-state index in [0.29, 0.717) is 28.6 Å². The minimum absolute atomic E-state index is 0.0967. The summed E-state index contributed by atoms with van der Waals surface area (Å²) in [7, 11) is -0.943. The van der Waals surface area contributed by atoms with Gasteiger partial charge in [-0.25, -0.2) is 8.42 Å². The van der Waals surface area contributed by atoms with Gasteiger partial charge in [0.15, 0.2) is 0 Å². The number of nitrogens with zero attached hydrogens (tertiary/aromatic N) is 1. The number of sulfonamides is 1. The molecule has 1 saturated heterocycles. The Balaban J connectivity index is 1.64. The Hall–Kier alpha value is -3.72. The first kappa shape index (κ1) is 24.4. The van der Waals surface area contributed by atoms with E-state index in [-0.39, 0.29) is 17.2 Å². The van der Waals surface area contributed by atoms with E-state index in [1.807, 2.05) is 18.2 Å². The third-order valence-corrected chi connectivity index (χ3v) is 7.27. The van der Waals surface area contributed by atoms with Crippen molar-refractivity contribution in [3.63, 3.8) is 0 Å². The highest BCUT2D eigenvalue weighted by Gasteiger charge is 2.26. The number of rotatable bonds is 9. The molecule has 9 heteroatoms. The Bertz CT molecular complexity index is 1300. The van der Waals surface area contributed by atoms with Crippen LogP contribution < -0.4 is 24.4 Å². The highest BCUT2D eigenvalue weighted by molar-refractivity contribution is 7.93. The fourth-order valence-electron chi connectivity index (χ4n) is 4.18. The molecule has 8 nitrogen and oxygen atoms in total. The fraction of sp³-hybridized carbons (Fsp3) is 0.269. The second-order valence-corrected chi connectivity index (χ2v) is 9.87. The van der Waals surface area contributed by atoms with Gasteiger partial charge in [0.1, 0.15) is 16.4 Å². The Labute approximate surface area is 205 Å². The van der Waals surface area contributed by atoms with Crippen LogP contribution in [0.15, 0.2) is 71.6 Å². The Morgan fingerprint density at radius 1 is 0.914 bits per heavy atom. The number of ether oxygens (including phenoxy) is 2. The molecule has 1 aliphatic heterocycles. The van der Waals surface area contributed by atoms with Gasteiger partial charge in [0, 0.05) is 24.3 Å². The summed E-state index contributed by atoms with van der Waals surface area (Å²) in [4.78, 5) is 14.9. The van der Waals surface area contributed by atoms with Crippen molar-refractivity contribution in [3.8, 4) is 11.5 Å². The number of methoxy groups -OCH3 is 2. The Kier molecular flexibility index (Phi) is 7.45. The van der Waals surface area contributed by atoms with Gasteiger partial charge in [0.25, 0.3) is 10.0 Å². The average Bonchev–Trinajstić information content (AvgIpc) is 3.39. The lowest BCUT2D eigenvalue weighted by Crippen LogP contribution is -2.23. The second kappa shape index (κ2) is 10.7. The zero-order valence-electron chi connectivity index (χ0n) is 19.8. The van der Waals surface area contributed by atoms with E-state index >= 15 is 0 Å². The van der Waals surface area contributed by atoms with Crippen molar-refractivity contribution in [2.24, 2.45) is 0 Å². The van der Waals surface area contributed by atoms with E-state index in [2.05, 4.69) is 14.9 Å². The molecule has 1 aliphatic rings. The van der Waals surface area contributed by atoms with E-state index in [4.69, 9.17) is 9.47 Å². The molecule has 3 aromatic rings. The van der Waals surface area contributed by atoms with E-state index in [0.717, 1.165) is 31.5 Å². The molecule has 35 heavy (non-hydrogen) atoms. The number of para-hydroxylation sites is 3. The van der Waals surface area contributed by atoms with E-state index in [1.165, 1.54) is 13.2 Å². The molecule has 0 aliphatic carbocycles. The van der Waals surface area contributed by atoms with E-state index in [9.17, 15) is 13.2 Å². The summed E-state index contributed by atoms with van der Waals surface area (Å²) in [5, 5.41) is 2.83. The van der Waals surface area contributed by atoms with Crippen LogP contribution in [0.4, 0.5) is 17.1 Å². The van der Waals surface area contributed by atoms with Crippen molar-refractivity contribution in [3.05, 3.63) is 72.3 Å². The molecule has 184 valence electrons. The standard InChI is InChI=1S/C26H29N3O5S/c1-33-23-11-5-3-9-19(23)17-26(30)27-20-13-14-22(29-15-7-8-16-29)25(18-20)35(31,32)28-21-10-4-6-12-24(21)34-2/h3-6,9-14,18,28H,7-8,15-17H2,1-2H3,(H,27,30). The van der Waals surface area contributed by atoms with Crippen LogP contribution in [0.1, 0.15) is 18.4 Å². The number of hydrogen-bond donors (Lipinski definition) is 2. The van der Waals surface area contributed by atoms with Crippen molar-refractivity contribution in [1.82, 2.24) is 0 Å². The Morgan fingerprint density at radius 3 is 2.29 bits per heavy atom. The van der Waals surface area contributed by atoms with Crippen LogP contribution in [0.2, 0.25) is 0 Å². The molecule has 0 aromatic heterocycles. The minimum atomic E-state index is -3.98. The van der Waals surface area contributed by atoms with Crippen LogP contribution in [0.5, 0.6) is 11.5 Å².